The molecule has 0 atom stereocenters. The molecule has 1 heterocycles. The molecule has 176 valence electrons. The molecule has 1 amide bonds. The van der Waals surface area contributed by atoms with Gasteiger partial charge < -0.3 is 20.4 Å². The quantitative estimate of drug-likeness (QED) is 0.374. The van der Waals surface area contributed by atoms with Gasteiger partial charge in [-0.05, 0) is 43.9 Å². The van der Waals surface area contributed by atoms with Crippen molar-refractivity contribution < 1.29 is 22.7 Å². The van der Waals surface area contributed by atoms with Crippen molar-refractivity contribution in [2.75, 3.05) is 12.4 Å². The lowest BCUT2D eigenvalue weighted by Gasteiger charge is -2.30. The summed E-state index contributed by atoms with van der Waals surface area (Å²) in [6.07, 6.45) is -3.64. The smallest absolute Gasteiger partial charge is 0.391 e. The second-order valence-corrected chi connectivity index (χ2v) is 8.75. The molecule has 2 aromatic carbocycles. The van der Waals surface area contributed by atoms with Crippen LogP contribution >= 0.6 is 23.2 Å². The number of H-pyrrole nitrogens is 1. The molecular formula is C22H21Cl2F3N4O2. The Morgan fingerprint density at radius 3 is 2.42 bits per heavy atom. The van der Waals surface area contributed by atoms with E-state index in [0.717, 1.165) is 0 Å². The molecule has 1 aliphatic rings. The Morgan fingerprint density at radius 2 is 1.82 bits per heavy atom. The Bertz CT molecular complexity index is 1150. The number of aromatic nitrogens is 2. The van der Waals surface area contributed by atoms with Crippen LogP contribution < -0.4 is 15.4 Å². The van der Waals surface area contributed by atoms with Gasteiger partial charge in [0, 0.05) is 12.1 Å². The second-order valence-electron chi connectivity index (χ2n) is 7.94. The Hall–Kier alpha value is -2.65. The molecule has 4 rings (SSSR count). The molecule has 3 aromatic rings. The van der Waals surface area contributed by atoms with Gasteiger partial charge in [-0.1, -0.05) is 29.3 Å². The van der Waals surface area contributed by atoms with Crippen molar-refractivity contribution in [3.8, 4) is 5.75 Å². The van der Waals surface area contributed by atoms with Gasteiger partial charge in [-0.15, -0.1) is 0 Å². The lowest BCUT2D eigenvalue weighted by Crippen LogP contribution is -2.40. The van der Waals surface area contributed by atoms with E-state index in [4.69, 9.17) is 27.9 Å². The lowest BCUT2D eigenvalue weighted by molar-refractivity contribution is -0.182. The molecule has 0 aliphatic heterocycles. The first kappa shape index (κ1) is 23.5. The number of aromatic amines is 1. The standard InChI is InChI=1S/C22H21Cl2F3N4O2/c1-33-18-10-17-16(29-21(30-17)31-19-14(23)3-2-4-15(19)24)9-13(18)20(32)28-12-7-5-11(6-8-12)22(25,26)27/h2-4,9-12H,5-8H2,1H3,(H,28,32)(H2,29,30,31)/t11-,12-. The highest BCUT2D eigenvalue weighted by molar-refractivity contribution is 6.39. The van der Waals surface area contributed by atoms with Gasteiger partial charge in [0.2, 0.25) is 5.95 Å². The molecule has 1 aliphatic carbocycles. The molecule has 0 radical (unpaired) electrons. The lowest BCUT2D eigenvalue weighted by atomic mass is 9.85. The molecule has 0 spiro atoms. The summed E-state index contributed by atoms with van der Waals surface area (Å²) in [6, 6.07) is 7.98. The number of hydrogen-bond donors (Lipinski definition) is 3. The van der Waals surface area contributed by atoms with Crippen molar-refractivity contribution in [3.05, 3.63) is 45.9 Å². The van der Waals surface area contributed by atoms with Gasteiger partial charge in [0.1, 0.15) is 5.75 Å². The summed E-state index contributed by atoms with van der Waals surface area (Å²) in [7, 11) is 1.44. The van der Waals surface area contributed by atoms with Crippen LogP contribution in [-0.2, 0) is 0 Å². The van der Waals surface area contributed by atoms with Crippen LogP contribution in [-0.4, -0.2) is 35.2 Å². The number of halogens is 5. The van der Waals surface area contributed by atoms with E-state index >= 15 is 0 Å². The van der Waals surface area contributed by atoms with E-state index in [1.165, 1.54) is 7.11 Å². The van der Waals surface area contributed by atoms with Gasteiger partial charge in [-0.2, -0.15) is 13.2 Å². The molecule has 6 nitrogen and oxygen atoms in total. The zero-order valence-electron chi connectivity index (χ0n) is 17.5. The van der Waals surface area contributed by atoms with E-state index in [1.54, 1.807) is 30.3 Å². The summed E-state index contributed by atoms with van der Waals surface area (Å²) in [5.74, 6) is -1.05. The van der Waals surface area contributed by atoms with Gasteiger partial charge in [-0.3, -0.25) is 4.79 Å². The van der Waals surface area contributed by atoms with Crippen LogP contribution in [0.15, 0.2) is 30.3 Å². The van der Waals surface area contributed by atoms with Crippen molar-refractivity contribution >= 4 is 51.8 Å². The first-order valence-corrected chi connectivity index (χ1v) is 11.1. The number of fused-ring (bicyclic) bond motifs is 1. The highest BCUT2D eigenvalue weighted by atomic mass is 35.5. The number of benzene rings is 2. The van der Waals surface area contributed by atoms with Crippen LogP contribution in [0.2, 0.25) is 10.0 Å². The van der Waals surface area contributed by atoms with Crippen LogP contribution in [0.1, 0.15) is 36.0 Å². The largest absolute Gasteiger partial charge is 0.496 e. The SMILES string of the molecule is COc1cc2[nH]c(Nc3c(Cl)cccc3Cl)nc2cc1C(=O)N[C@H]1CC[C@H](C(F)(F)F)CC1. The third-order valence-corrected chi connectivity index (χ3v) is 6.41. The number of amides is 1. The van der Waals surface area contributed by atoms with E-state index in [9.17, 15) is 18.0 Å². The van der Waals surface area contributed by atoms with Gasteiger partial charge >= 0.3 is 6.18 Å². The zero-order valence-corrected chi connectivity index (χ0v) is 19.0. The third kappa shape index (κ3) is 5.14. The summed E-state index contributed by atoms with van der Waals surface area (Å²) in [5.41, 5.74) is 1.84. The topological polar surface area (TPSA) is 79.0 Å². The van der Waals surface area contributed by atoms with Crippen LogP contribution in [0.4, 0.5) is 24.8 Å². The Labute approximate surface area is 197 Å². The molecule has 0 saturated heterocycles. The summed E-state index contributed by atoms with van der Waals surface area (Å²) in [6.45, 7) is 0. The normalized spacial score (nSPS) is 18.8. The Kier molecular flexibility index (Phi) is 6.63. The summed E-state index contributed by atoms with van der Waals surface area (Å²) >= 11 is 12.4. The number of methoxy groups -OCH3 is 1. The maximum atomic E-state index is 12.9. The zero-order chi connectivity index (χ0) is 23.8. The van der Waals surface area contributed by atoms with E-state index in [1.807, 2.05) is 0 Å². The summed E-state index contributed by atoms with van der Waals surface area (Å²) in [5, 5.41) is 6.70. The van der Waals surface area contributed by atoms with Crippen LogP contribution in [0.5, 0.6) is 5.75 Å². The van der Waals surface area contributed by atoms with Crippen molar-refractivity contribution in [3.63, 3.8) is 0 Å². The predicted molar refractivity (Wildman–Crippen MR) is 122 cm³/mol. The fraction of sp³-hybridized carbons (Fsp3) is 0.364. The molecule has 1 saturated carbocycles. The first-order valence-electron chi connectivity index (χ1n) is 10.3. The minimum Gasteiger partial charge on any atom is -0.496 e. The number of hydrogen-bond acceptors (Lipinski definition) is 4. The molecule has 0 bridgehead atoms. The van der Waals surface area contributed by atoms with E-state index in [0.29, 0.717) is 38.5 Å². The number of nitrogens with zero attached hydrogens (tertiary/aromatic N) is 1. The number of rotatable bonds is 5. The highest BCUT2D eigenvalue weighted by Crippen LogP contribution is 2.38. The number of nitrogens with one attached hydrogen (secondary N) is 3. The predicted octanol–water partition coefficient (Wildman–Crippen LogP) is 6.47. The van der Waals surface area contributed by atoms with Gasteiger partial charge in [0.25, 0.3) is 5.91 Å². The number of carbonyl (C=O) groups excluding carboxylic acids is 1. The van der Waals surface area contributed by atoms with E-state index in [-0.39, 0.29) is 37.3 Å². The maximum absolute atomic E-state index is 12.9. The Morgan fingerprint density at radius 1 is 1.15 bits per heavy atom. The van der Waals surface area contributed by atoms with Crippen LogP contribution in [0.3, 0.4) is 0 Å². The molecule has 1 aromatic heterocycles. The number of para-hydroxylation sites is 1. The van der Waals surface area contributed by atoms with Crippen molar-refractivity contribution in [2.45, 2.75) is 37.9 Å². The number of anilines is 2. The average molecular weight is 501 g/mol. The summed E-state index contributed by atoms with van der Waals surface area (Å²) < 4.78 is 44.1. The number of imidazole rings is 1. The highest BCUT2D eigenvalue weighted by Gasteiger charge is 2.41. The fourth-order valence-corrected chi connectivity index (χ4v) is 4.50. The summed E-state index contributed by atoms with van der Waals surface area (Å²) in [4.78, 5) is 20.4. The molecule has 33 heavy (non-hydrogen) atoms. The van der Waals surface area contributed by atoms with E-state index in [2.05, 4.69) is 20.6 Å². The van der Waals surface area contributed by atoms with Gasteiger partial charge in [0.15, 0.2) is 0 Å². The van der Waals surface area contributed by atoms with Crippen molar-refractivity contribution in [1.82, 2.24) is 15.3 Å². The monoisotopic (exact) mass is 500 g/mol. The first-order chi connectivity index (χ1) is 15.7. The van der Waals surface area contributed by atoms with Gasteiger partial charge in [0.05, 0.1) is 45.4 Å². The minimum absolute atomic E-state index is 0.00359. The average Bonchev–Trinajstić information content (AvgIpc) is 3.16. The third-order valence-electron chi connectivity index (χ3n) is 5.78. The second kappa shape index (κ2) is 9.30. The molecule has 11 heteroatoms. The van der Waals surface area contributed by atoms with Gasteiger partial charge in [-0.25, -0.2) is 4.98 Å². The van der Waals surface area contributed by atoms with Crippen molar-refractivity contribution in [2.24, 2.45) is 5.92 Å². The van der Waals surface area contributed by atoms with Crippen LogP contribution in [0.25, 0.3) is 11.0 Å². The Balaban J connectivity index is 1.52. The molecular weight excluding hydrogens is 480 g/mol. The number of carbonyl (C=O) groups is 1. The van der Waals surface area contributed by atoms with E-state index < -0.39 is 18.0 Å². The molecule has 1 fully saturated rings. The minimum atomic E-state index is -4.19. The number of ether oxygens (including phenoxy) is 1. The molecule has 0 unspecified atom stereocenters. The molecule has 3 N–H and O–H groups in total. The fourth-order valence-electron chi connectivity index (χ4n) is 4.01. The van der Waals surface area contributed by atoms with Crippen molar-refractivity contribution in [1.29, 1.82) is 0 Å². The maximum Gasteiger partial charge on any atom is 0.391 e. The number of alkyl halides is 3. The van der Waals surface area contributed by atoms with Crippen LogP contribution in [0, 0.1) is 5.92 Å².